The number of hydrogen-bond acceptors (Lipinski definition) is 6. The summed E-state index contributed by atoms with van der Waals surface area (Å²) in [5, 5.41) is 12.3. The van der Waals surface area contributed by atoms with E-state index in [1.54, 1.807) is 11.3 Å². The van der Waals surface area contributed by atoms with Gasteiger partial charge in [-0.15, -0.1) is 11.3 Å². The fourth-order valence-corrected chi connectivity index (χ4v) is 4.91. The smallest absolute Gasteiger partial charge is 0.261 e. The molecule has 27 heavy (non-hydrogen) atoms. The highest BCUT2D eigenvalue weighted by molar-refractivity contribution is 7.14. The Morgan fingerprint density at radius 2 is 2.11 bits per heavy atom. The molecule has 1 spiro atoms. The van der Waals surface area contributed by atoms with Crippen LogP contribution >= 0.6 is 11.3 Å². The summed E-state index contributed by atoms with van der Waals surface area (Å²) in [5.41, 5.74) is 0.882. The molecule has 1 saturated heterocycles. The van der Waals surface area contributed by atoms with Crippen LogP contribution in [0.4, 0.5) is 0 Å². The van der Waals surface area contributed by atoms with Crippen molar-refractivity contribution in [3.8, 4) is 0 Å². The molecule has 2 N–H and O–H groups in total. The lowest BCUT2D eigenvalue weighted by atomic mass is 9.82. The third-order valence-corrected chi connectivity index (χ3v) is 7.40. The summed E-state index contributed by atoms with van der Waals surface area (Å²) in [4.78, 5) is 19.2. The molecule has 0 radical (unpaired) electrons. The van der Waals surface area contributed by atoms with Crippen LogP contribution in [-0.4, -0.2) is 79.8 Å². The first-order chi connectivity index (χ1) is 12.8. The van der Waals surface area contributed by atoms with E-state index in [1.807, 2.05) is 14.1 Å². The van der Waals surface area contributed by atoms with Gasteiger partial charge in [-0.1, -0.05) is 0 Å². The van der Waals surface area contributed by atoms with Crippen molar-refractivity contribution in [2.75, 3.05) is 53.5 Å². The molecule has 0 aliphatic carbocycles. The molecule has 152 valence electrons. The van der Waals surface area contributed by atoms with Crippen LogP contribution in [-0.2, 0) is 16.8 Å². The van der Waals surface area contributed by atoms with Crippen molar-refractivity contribution in [3.63, 3.8) is 0 Å². The van der Waals surface area contributed by atoms with Gasteiger partial charge in [0.25, 0.3) is 5.91 Å². The van der Waals surface area contributed by atoms with Crippen LogP contribution in [0.1, 0.15) is 46.8 Å². The molecule has 1 aromatic heterocycles. The minimum Gasteiger partial charge on any atom is -0.395 e. The molecule has 3 rings (SSSR count). The van der Waals surface area contributed by atoms with Crippen molar-refractivity contribution in [1.82, 2.24) is 15.1 Å². The minimum atomic E-state index is -0.253. The number of piperidine rings is 1. The Hall–Kier alpha value is -0.990. The van der Waals surface area contributed by atoms with Gasteiger partial charge in [-0.2, -0.15) is 0 Å². The lowest BCUT2D eigenvalue weighted by Gasteiger charge is -2.44. The number of carbonyl (C=O) groups is 1. The summed E-state index contributed by atoms with van der Waals surface area (Å²) < 4.78 is 6.28. The van der Waals surface area contributed by atoms with E-state index in [0.717, 1.165) is 50.4 Å². The van der Waals surface area contributed by atoms with Crippen LogP contribution in [0, 0.1) is 0 Å². The van der Waals surface area contributed by atoms with Crippen LogP contribution < -0.4 is 5.32 Å². The molecule has 2 aliphatic heterocycles. The molecule has 1 amide bonds. The molecule has 0 unspecified atom stereocenters. The summed E-state index contributed by atoms with van der Waals surface area (Å²) >= 11 is 1.62. The second kappa shape index (κ2) is 8.17. The third kappa shape index (κ3) is 4.38. The zero-order valence-electron chi connectivity index (χ0n) is 17.0. The Kier molecular flexibility index (Phi) is 6.27. The molecule has 3 heterocycles. The van der Waals surface area contributed by atoms with E-state index in [-0.39, 0.29) is 23.7 Å². The summed E-state index contributed by atoms with van der Waals surface area (Å²) in [7, 11) is 4.06. The maximum Gasteiger partial charge on any atom is 0.261 e. The number of thiophene rings is 1. The summed E-state index contributed by atoms with van der Waals surface area (Å²) in [6, 6.07) is 2.07. The Labute approximate surface area is 166 Å². The monoisotopic (exact) mass is 395 g/mol. The Bertz CT molecular complexity index is 663. The molecule has 1 fully saturated rings. The van der Waals surface area contributed by atoms with Crippen molar-refractivity contribution >= 4 is 17.2 Å². The van der Waals surface area contributed by atoms with E-state index in [0.29, 0.717) is 6.54 Å². The zero-order chi connectivity index (χ0) is 19.7. The largest absolute Gasteiger partial charge is 0.395 e. The molecule has 0 atom stereocenters. The lowest BCUT2D eigenvalue weighted by Crippen LogP contribution is -2.48. The maximum atomic E-state index is 12.7. The highest BCUT2D eigenvalue weighted by atomic mass is 32.1. The number of aliphatic hydroxyl groups excluding tert-OH is 1. The van der Waals surface area contributed by atoms with Crippen molar-refractivity contribution < 1.29 is 14.6 Å². The van der Waals surface area contributed by atoms with Crippen molar-refractivity contribution in [3.05, 3.63) is 21.4 Å². The van der Waals surface area contributed by atoms with E-state index >= 15 is 0 Å². The van der Waals surface area contributed by atoms with Gasteiger partial charge in [-0.25, -0.2) is 0 Å². The minimum absolute atomic E-state index is 0.0113. The van der Waals surface area contributed by atoms with Gasteiger partial charge in [0.2, 0.25) is 0 Å². The van der Waals surface area contributed by atoms with Gasteiger partial charge >= 0.3 is 0 Å². The standard InChI is InChI=1S/C20H33N3O3S/c1-19(2,22(3)4)14-21-18(25)17-13-15-16(27-17)5-12-26-20(15)6-8-23(9-7-20)10-11-24/h13,24H,5-12,14H2,1-4H3,(H,21,25). The van der Waals surface area contributed by atoms with Crippen LogP contribution in [0.5, 0.6) is 0 Å². The zero-order valence-corrected chi connectivity index (χ0v) is 17.8. The fourth-order valence-electron chi connectivity index (χ4n) is 3.76. The Balaban J connectivity index is 1.71. The number of nitrogens with zero attached hydrogens (tertiary/aromatic N) is 2. The highest BCUT2D eigenvalue weighted by Gasteiger charge is 2.42. The predicted octanol–water partition coefficient (Wildman–Crippen LogP) is 1.67. The van der Waals surface area contributed by atoms with Crippen molar-refractivity contribution in [2.45, 2.75) is 44.2 Å². The number of fused-ring (bicyclic) bond motifs is 2. The van der Waals surface area contributed by atoms with Gasteiger partial charge in [-0.3, -0.25) is 4.79 Å². The van der Waals surface area contributed by atoms with Gasteiger partial charge in [0, 0.05) is 43.0 Å². The first kappa shape index (κ1) is 20.7. The van der Waals surface area contributed by atoms with Gasteiger partial charge in [0.1, 0.15) is 0 Å². The van der Waals surface area contributed by atoms with E-state index < -0.39 is 0 Å². The molecular formula is C20H33N3O3S. The average Bonchev–Trinajstić information content (AvgIpc) is 3.08. The first-order valence-electron chi connectivity index (χ1n) is 9.83. The predicted molar refractivity (Wildman–Crippen MR) is 109 cm³/mol. The van der Waals surface area contributed by atoms with Gasteiger partial charge in [-0.05, 0) is 52.4 Å². The van der Waals surface area contributed by atoms with E-state index in [1.165, 1.54) is 10.4 Å². The van der Waals surface area contributed by atoms with Gasteiger partial charge < -0.3 is 25.0 Å². The van der Waals surface area contributed by atoms with Crippen LogP contribution in [0.15, 0.2) is 6.07 Å². The number of carbonyl (C=O) groups excluding carboxylic acids is 1. The molecule has 0 saturated carbocycles. The number of β-amino-alcohol motifs (C(OH)–C–C–N with tert-alkyl or cyclic N) is 1. The third-order valence-electron chi connectivity index (χ3n) is 6.20. The lowest BCUT2D eigenvalue weighted by molar-refractivity contribution is -0.0979. The number of ether oxygens (including phenoxy) is 1. The number of aliphatic hydroxyl groups is 1. The van der Waals surface area contributed by atoms with Gasteiger partial charge in [0.15, 0.2) is 0 Å². The molecule has 1 aromatic rings. The second-order valence-electron chi connectivity index (χ2n) is 8.50. The van der Waals surface area contributed by atoms with E-state index in [2.05, 4.69) is 35.0 Å². The topological polar surface area (TPSA) is 65.0 Å². The maximum absolute atomic E-state index is 12.7. The van der Waals surface area contributed by atoms with E-state index in [4.69, 9.17) is 9.84 Å². The van der Waals surface area contributed by atoms with Gasteiger partial charge in [0.05, 0.1) is 23.7 Å². The number of hydrogen-bond donors (Lipinski definition) is 2. The normalized spacial score (nSPS) is 20.1. The van der Waals surface area contributed by atoms with Crippen molar-refractivity contribution in [1.29, 1.82) is 0 Å². The highest BCUT2D eigenvalue weighted by Crippen LogP contribution is 2.44. The van der Waals surface area contributed by atoms with E-state index in [9.17, 15) is 4.79 Å². The van der Waals surface area contributed by atoms with Crippen LogP contribution in [0.2, 0.25) is 0 Å². The number of likely N-dealkylation sites (N-methyl/N-ethyl adjacent to an activating group) is 1. The number of amides is 1. The molecule has 0 bridgehead atoms. The summed E-state index contributed by atoms with van der Waals surface area (Å²) in [6.45, 7) is 8.35. The molecule has 6 nitrogen and oxygen atoms in total. The quantitative estimate of drug-likeness (QED) is 0.767. The number of nitrogens with one attached hydrogen (secondary N) is 1. The second-order valence-corrected chi connectivity index (χ2v) is 9.63. The summed E-state index contributed by atoms with van der Waals surface area (Å²) in [6.07, 6.45) is 2.73. The Morgan fingerprint density at radius 1 is 1.41 bits per heavy atom. The van der Waals surface area contributed by atoms with Crippen LogP contribution in [0.25, 0.3) is 0 Å². The van der Waals surface area contributed by atoms with Crippen molar-refractivity contribution in [2.24, 2.45) is 0 Å². The molecule has 0 aromatic carbocycles. The average molecular weight is 396 g/mol. The molecule has 2 aliphatic rings. The summed E-state index contributed by atoms with van der Waals surface area (Å²) in [5.74, 6) is 0.0113. The Morgan fingerprint density at radius 3 is 2.74 bits per heavy atom. The first-order valence-corrected chi connectivity index (χ1v) is 10.6. The molecule has 7 heteroatoms. The van der Waals surface area contributed by atoms with Crippen LogP contribution in [0.3, 0.4) is 0 Å². The number of rotatable bonds is 6. The number of likely N-dealkylation sites (tertiary alicyclic amines) is 1. The SMILES string of the molecule is CN(C)C(C)(C)CNC(=O)c1cc2c(s1)CCOC21CCN(CCO)CC1. The fraction of sp³-hybridized carbons (Fsp3) is 0.750. The molecular weight excluding hydrogens is 362 g/mol.